The molecule has 0 atom stereocenters. The highest BCUT2D eigenvalue weighted by molar-refractivity contribution is 9.10. The zero-order valence-electron chi connectivity index (χ0n) is 8.65. The molecule has 1 aromatic heterocycles. The summed E-state index contributed by atoms with van der Waals surface area (Å²) in [7, 11) is 0. The molecule has 3 aromatic rings. The number of nitrogens with zero attached hydrogens (tertiary/aromatic N) is 1. The van der Waals surface area contributed by atoms with Crippen molar-refractivity contribution in [3.8, 4) is 11.5 Å². The van der Waals surface area contributed by atoms with E-state index in [0.29, 0.717) is 10.9 Å². The second-order valence-electron chi connectivity index (χ2n) is 3.62. The fourth-order valence-corrected chi connectivity index (χ4v) is 2.12. The quantitative estimate of drug-likeness (QED) is 0.638. The normalized spacial score (nSPS) is 10.9. The lowest BCUT2D eigenvalue weighted by Crippen LogP contribution is -1.77. The average molecular weight is 309 g/mol. The monoisotopic (exact) mass is 307 g/mol. The molecule has 0 saturated carbocycles. The standard InChI is InChI=1S/C13H7BrClNO/c14-9-7-8(5-6-10(9)15)13-16-11-3-1-2-4-12(11)17-13/h1-7H. The largest absolute Gasteiger partial charge is 0.436 e. The first-order valence-electron chi connectivity index (χ1n) is 5.05. The molecule has 0 saturated heterocycles. The van der Waals surface area contributed by atoms with Crippen LogP contribution in [0, 0.1) is 0 Å². The predicted molar refractivity (Wildman–Crippen MR) is 72.2 cm³/mol. The van der Waals surface area contributed by atoms with Gasteiger partial charge >= 0.3 is 0 Å². The Morgan fingerprint density at radius 2 is 1.94 bits per heavy atom. The van der Waals surface area contributed by atoms with Gasteiger partial charge in [-0.25, -0.2) is 4.98 Å². The molecule has 0 aliphatic carbocycles. The van der Waals surface area contributed by atoms with Crippen LogP contribution in [-0.4, -0.2) is 4.98 Å². The number of rotatable bonds is 1. The summed E-state index contributed by atoms with van der Waals surface area (Å²) in [5.41, 5.74) is 2.54. The van der Waals surface area contributed by atoms with Crippen LogP contribution < -0.4 is 0 Å². The van der Waals surface area contributed by atoms with Crippen molar-refractivity contribution in [3.63, 3.8) is 0 Å². The van der Waals surface area contributed by atoms with E-state index in [1.165, 1.54) is 0 Å². The zero-order chi connectivity index (χ0) is 11.8. The van der Waals surface area contributed by atoms with Gasteiger partial charge < -0.3 is 4.42 Å². The van der Waals surface area contributed by atoms with Crippen LogP contribution in [-0.2, 0) is 0 Å². The summed E-state index contributed by atoms with van der Waals surface area (Å²) >= 11 is 9.33. The SMILES string of the molecule is Clc1ccc(-c2nc3ccccc3o2)cc1Br. The number of oxazole rings is 1. The van der Waals surface area contributed by atoms with Gasteiger partial charge in [-0.3, -0.25) is 0 Å². The number of para-hydroxylation sites is 2. The minimum atomic E-state index is 0.601. The molecule has 0 aliphatic heterocycles. The van der Waals surface area contributed by atoms with Gasteiger partial charge in [0.05, 0.1) is 5.02 Å². The molecule has 1 heterocycles. The van der Waals surface area contributed by atoms with Crippen LogP contribution in [0.3, 0.4) is 0 Å². The van der Waals surface area contributed by atoms with Crippen molar-refractivity contribution >= 4 is 38.6 Å². The van der Waals surface area contributed by atoms with Crippen LogP contribution in [0.4, 0.5) is 0 Å². The Balaban J connectivity index is 2.17. The van der Waals surface area contributed by atoms with Crippen molar-refractivity contribution in [3.05, 3.63) is 52.0 Å². The average Bonchev–Trinajstić information content (AvgIpc) is 2.76. The lowest BCUT2D eigenvalue weighted by Gasteiger charge is -1.98. The minimum Gasteiger partial charge on any atom is -0.436 e. The van der Waals surface area contributed by atoms with E-state index in [-0.39, 0.29) is 0 Å². The molecule has 0 amide bonds. The van der Waals surface area contributed by atoms with E-state index in [9.17, 15) is 0 Å². The topological polar surface area (TPSA) is 26.0 Å². The van der Waals surface area contributed by atoms with E-state index in [1.807, 2.05) is 42.5 Å². The van der Waals surface area contributed by atoms with Crippen LogP contribution >= 0.6 is 27.5 Å². The molecule has 0 bridgehead atoms. The van der Waals surface area contributed by atoms with E-state index in [0.717, 1.165) is 21.1 Å². The van der Waals surface area contributed by atoms with Crippen molar-refractivity contribution in [2.24, 2.45) is 0 Å². The van der Waals surface area contributed by atoms with Gasteiger partial charge in [-0.2, -0.15) is 0 Å². The maximum atomic E-state index is 5.95. The maximum absolute atomic E-state index is 5.95. The molecule has 3 rings (SSSR count). The van der Waals surface area contributed by atoms with E-state index in [2.05, 4.69) is 20.9 Å². The molecule has 0 spiro atoms. The molecule has 4 heteroatoms. The summed E-state index contributed by atoms with van der Waals surface area (Å²) in [4.78, 5) is 4.42. The lowest BCUT2D eigenvalue weighted by molar-refractivity contribution is 0.620. The first kappa shape index (κ1) is 10.8. The third-order valence-electron chi connectivity index (χ3n) is 2.46. The van der Waals surface area contributed by atoms with E-state index < -0.39 is 0 Å². The first-order valence-corrected chi connectivity index (χ1v) is 6.22. The third kappa shape index (κ3) is 1.96. The Labute approximate surface area is 111 Å². The van der Waals surface area contributed by atoms with E-state index >= 15 is 0 Å². The summed E-state index contributed by atoms with van der Waals surface area (Å²) in [6, 6.07) is 13.3. The van der Waals surface area contributed by atoms with Crippen LogP contribution in [0.2, 0.25) is 5.02 Å². The summed E-state index contributed by atoms with van der Waals surface area (Å²) in [6.07, 6.45) is 0. The van der Waals surface area contributed by atoms with Gasteiger partial charge in [-0.1, -0.05) is 23.7 Å². The fraction of sp³-hybridized carbons (Fsp3) is 0. The Morgan fingerprint density at radius 3 is 2.71 bits per heavy atom. The fourth-order valence-electron chi connectivity index (χ4n) is 1.62. The molecule has 84 valence electrons. The molecule has 0 fully saturated rings. The minimum absolute atomic E-state index is 0.601. The first-order chi connectivity index (χ1) is 8.24. The number of fused-ring (bicyclic) bond motifs is 1. The number of aromatic nitrogens is 1. The highest BCUT2D eigenvalue weighted by Gasteiger charge is 2.08. The molecule has 17 heavy (non-hydrogen) atoms. The summed E-state index contributed by atoms with van der Waals surface area (Å²) in [6.45, 7) is 0. The van der Waals surface area contributed by atoms with Crippen LogP contribution in [0.15, 0.2) is 51.4 Å². The highest BCUT2D eigenvalue weighted by Crippen LogP contribution is 2.30. The molecule has 0 radical (unpaired) electrons. The van der Waals surface area contributed by atoms with Gasteiger partial charge in [0.25, 0.3) is 0 Å². The smallest absolute Gasteiger partial charge is 0.227 e. The zero-order valence-corrected chi connectivity index (χ0v) is 11.0. The third-order valence-corrected chi connectivity index (χ3v) is 3.67. The number of benzene rings is 2. The second-order valence-corrected chi connectivity index (χ2v) is 4.88. The Bertz CT molecular complexity index is 660. The van der Waals surface area contributed by atoms with Gasteiger partial charge in [0, 0.05) is 10.0 Å². The van der Waals surface area contributed by atoms with Crippen LogP contribution in [0.25, 0.3) is 22.6 Å². The number of hydrogen-bond donors (Lipinski definition) is 0. The molecular formula is C13H7BrClNO. The molecule has 2 nitrogen and oxygen atoms in total. The molecule has 0 aliphatic rings. The predicted octanol–water partition coefficient (Wildman–Crippen LogP) is 4.91. The van der Waals surface area contributed by atoms with Crippen LogP contribution in [0.5, 0.6) is 0 Å². The van der Waals surface area contributed by atoms with Gasteiger partial charge in [0.1, 0.15) is 5.52 Å². The van der Waals surface area contributed by atoms with Crippen molar-refractivity contribution in [1.82, 2.24) is 4.98 Å². The van der Waals surface area contributed by atoms with E-state index in [4.69, 9.17) is 16.0 Å². The molecule has 0 N–H and O–H groups in total. The van der Waals surface area contributed by atoms with Crippen molar-refractivity contribution in [2.45, 2.75) is 0 Å². The van der Waals surface area contributed by atoms with E-state index in [1.54, 1.807) is 0 Å². The molecular weight excluding hydrogens is 302 g/mol. The van der Waals surface area contributed by atoms with Gasteiger partial charge in [-0.15, -0.1) is 0 Å². The molecule has 0 unspecified atom stereocenters. The van der Waals surface area contributed by atoms with Gasteiger partial charge in [0.15, 0.2) is 5.58 Å². The summed E-state index contributed by atoms with van der Waals surface area (Å²) in [5, 5.41) is 0.671. The van der Waals surface area contributed by atoms with Crippen molar-refractivity contribution in [2.75, 3.05) is 0 Å². The summed E-state index contributed by atoms with van der Waals surface area (Å²) < 4.78 is 6.51. The Kier molecular flexibility index (Phi) is 2.65. The number of hydrogen-bond acceptors (Lipinski definition) is 2. The number of halogens is 2. The van der Waals surface area contributed by atoms with Crippen molar-refractivity contribution < 1.29 is 4.42 Å². The summed E-state index contributed by atoms with van der Waals surface area (Å²) in [5.74, 6) is 0.601. The lowest BCUT2D eigenvalue weighted by atomic mass is 10.2. The van der Waals surface area contributed by atoms with Gasteiger partial charge in [-0.05, 0) is 46.3 Å². The Morgan fingerprint density at radius 1 is 1.12 bits per heavy atom. The van der Waals surface area contributed by atoms with Gasteiger partial charge in [0.2, 0.25) is 5.89 Å². The second kappa shape index (κ2) is 4.17. The maximum Gasteiger partial charge on any atom is 0.227 e. The Hall–Kier alpha value is -1.32. The molecule has 2 aromatic carbocycles. The van der Waals surface area contributed by atoms with Crippen LogP contribution in [0.1, 0.15) is 0 Å². The highest BCUT2D eigenvalue weighted by atomic mass is 79.9. The van der Waals surface area contributed by atoms with Crippen molar-refractivity contribution in [1.29, 1.82) is 0 Å².